The maximum atomic E-state index is 10.8. The van der Waals surface area contributed by atoms with Crippen molar-refractivity contribution in [2.45, 2.75) is 31.9 Å². The van der Waals surface area contributed by atoms with Crippen LogP contribution < -0.4 is 20.1 Å². The lowest BCUT2D eigenvalue weighted by Gasteiger charge is -2.16. The topological polar surface area (TPSA) is 107 Å². The van der Waals surface area contributed by atoms with Gasteiger partial charge in [0.15, 0.2) is 17.5 Å². The van der Waals surface area contributed by atoms with Crippen molar-refractivity contribution in [2.75, 3.05) is 26.5 Å². The summed E-state index contributed by atoms with van der Waals surface area (Å²) in [7, 11) is 0. The first-order valence-electron chi connectivity index (χ1n) is 10.4. The maximum absolute atomic E-state index is 10.8. The number of ether oxygens (including phenoxy) is 3. The first kappa shape index (κ1) is 20.9. The number of nitro benzene ring substituents is 1. The van der Waals surface area contributed by atoms with E-state index in [-0.39, 0.29) is 18.6 Å². The SMILES string of the molecule is O=[N+]([O-])c1ccc(CN=C(NCCc2ccc3c(c2)OCO3)NCC2CCCO2)cc1. The van der Waals surface area contributed by atoms with Crippen LogP contribution in [-0.2, 0) is 17.7 Å². The van der Waals surface area contributed by atoms with E-state index in [1.807, 2.05) is 18.2 Å². The van der Waals surface area contributed by atoms with Gasteiger partial charge in [0.05, 0.1) is 17.6 Å². The van der Waals surface area contributed by atoms with Gasteiger partial charge in [-0.25, -0.2) is 4.99 Å². The van der Waals surface area contributed by atoms with E-state index in [0.717, 1.165) is 48.5 Å². The highest BCUT2D eigenvalue weighted by Gasteiger charge is 2.16. The van der Waals surface area contributed by atoms with Crippen molar-refractivity contribution in [1.29, 1.82) is 0 Å². The molecule has 0 radical (unpaired) electrons. The molecule has 0 bridgehead atoms. The molecule has 1 saturated heterocycles. The minimum Gasteiger partial charge on any atom is -0.454 e. The third-order valence-corrected chi connectivity index (χ3v) is 5.23. The molecule has 0 spiro atoms. The molecule has 1 unspecified atom stereocenters. The number of non-ortho nitro benzene ring substituents is 1. The van der Waals surface area contributed by atoms with Gasteiger partial charge in [0, 0.05) is 31.8 Å². The van der Waals surface area contributed by atoms with E-state index < -0.39 is 4.92 Å². The number of aliphatic imine (C=N–C) groups is 1. The van der Waals surface area contributed by atoms with Crippen molar-refractivity contribution in [1.82, 2.24) is 10.6 Å². The van der Waals surface area contributed by atoms with Crippen LogP contribution in [0.4, 0.5) is 5.69 Å². The normalized spacial score (nSPS) is 17.5. The second kappa shape index (κ2) is 10.1. The average Bonchev–Trinajstić information content (AvgIpc) is 3.47. The van der Waals surface area contributed by atoms with Gasteiger partial charge in [0.25, 0.3) is 5.69 Å². The lowest BCUT2D eigenvalue weighted by Crippen LogP contribution is -2.41. The predicted octanol–water partition coefficient (Wildman–Crippen LogP) is 2.78. The fraction of sp³-hybridized carbons (Fsp3) is 0.409. The van der Waals surface area contributed by atoms with E-state index in [1.54, 1.807) is 12.1 Å². The van der Waals surface area contributed by atoms with Crippen molar-refractivity contribution in [2.24, 2.45) is 4.99 Å². The third-order valence-electron chi connectivity index (χ3n) is 5.23. The molecule has 31 heavy (non-hydrogen) atoms. The summed E-state index contributed by atoms with van der Waals surface area (Å²) < 4.78 is 16.5. The summed E-state index contributed by atoms with van der Waals surface area (Å²) in [5, 5.41) is 17.5. The fourth-order valence-electron chi connectivity index (χ4n) is 3.51. The molecular weight excluding hydrogens is 400 g/mol. The van der Waals surface area contributed by atoms with Gasteiger partial charge in [-0.15, -0.1) is 0 Å². The van der Waals surface area contributed by atoms with Crippen LogP contribution in [0.3, 0.4) is 0 Å². The lowest BCUT2D eigenvalue weighted by molar-refractivity contribution is -0.384. The second-order valence-corrected chi connectivity index (χ2v) is 7.47. The van der Waals surface area contributed by atoms with E-state index >= 15 is 0 Å². The number of hydrogen-bond donors (Lipinski definition) is 2. The van der Waals surface area contributed by atoms with Crippen LogP contribution in [-0.4, -0.2) is 43.5 Å². The Morgan fingerprint density at radius 3 is 2.68 bits per heavy atom. The zero-order valence-electron chi connectivity index (χ0n) is 17.2. The van der Waals surface area contributed by atoms with Crippen LogP contribution in [0.5, 0.6) is 11.5 Å². The molecule has 4 rings (SSSR count). The highest BCUT2D eigenvalue weighted by Crippen LogP contribution is 2.32. The summed E-state index contributed by atoms with van der Waals surface area (Å²) >= 11 is 0. The molecule has 0 aromatic heterocycles. The van der Waals surface area contributed by atoms with Crippen molar-refractivity contribution >= 4 is 11.6 Å². The van der Waals surface area contributed by atoms with E-state index in [0.29, 0.717) is 25.6 Å². The van der Waals surface area contributed by atoms with Gasteiger partial charge in [-0.05, 0) is 42.5 Å². The van der Waals surface area contributed by atoms with Gasteiger partial charge in [-0.1, -0.05) is 18.2 Å². The Balaban J connectivity index is 1.34. The number of nitro groups is 1. The van der Waals surface area contributed by atoms with Crippen LogP contribution in [0.1, 0.15) is 24.0 Å². The Hall–Kier alpha value is -3.33. The maximum Gasteiger partial charge on any atom is 0.269 e. The van der Waals surface area contributed by atoms with Crippen molar-refractivity contribution in [3.8, 4) is 11.5 Å². The quantitative estimate of drug-likeness (QED) is 0.289. The Labute approximate surface area is 180 Å². The molecule has 0 amide bonds. The highest BCUT2D eigenvalue weighted by atomic mass is 16.7. The smallest absolute Gasteiger partial charge is 0.269 e. The standard InChI is InChI=1S/C22H26N4O5/c27-26(28)18-6-3-17(4-7-18)13-24-22(25-14-19-2-1-11-29-19)23-10-9-16-5-8-20-21(12-16)31-15-30-20/h3-8,12,19H,1-2,9-11,13-15H2,(H2,23,24,25). The lowest BCUT2D eigenvalue weighted by atomic mass is 10.1. The summed E-state index contributed by atoms with van der Waals surface area (Å²) in [6.07, 6.45) is 3.12. The molecule has 2 aromatic rings. The zero-order chi connectivity index (χ0) is 21.5. The van der Waals surface area contributed by atoms with Crippen LogP contribution in [0.2, 0.25) is 0 Å². The number of rotatable bonds is 8. The van der Waals surface area contributed by atoms with Gasteiger partial charge in [-0.3, -0.25) is 10.1 Å². The van der Waals surface area contributed by atoms with Crippen LogP contribution >= 0.6 is 0 Å². The van der Waals surface area contributed by atoms with Crippen LogP contribution in [0.25, 0.3) is 0 Å². The summed E-state index contributed by atoms with van der Waals surface area (Å²) in [6, 6.07) is 12.4. The van der Waals surface area contributed by atoms with Crippen LogP contribution in [0.15, 0.2) is 47.5 Å². The molecule has 0 saturated carbocycles. The molecule has 2 aliphatic heterocycles. The van der Waals surface area contributed by atoms with Gasteiger partial charge >= 0.3 is 0 Å². The Bertz CT molecular complexity index is 926. The Kier molecular flexibility index (Phi) is 6.83. The number of fused-ring (bicyclic) bond motifs is 1. The zero-order valence-corrected chi connectivity index (χ0v) is 17.2. The summed E-state index contributed by atoms with van der Waals surface area (Å²) in [5.74, 6) is 2.25. The monoisotopic (exact) mass is 426 g/mol. The van der Waals surface area contributed by atoms with Crippen molar-refractivity contribution < 1.29 is 19.1 Å². The third kappa shape index (κ3) is 5.85. The number of hydrogen-bond acceptors (Lipinski definition) is 6. The summed E-state index contributed by atoms with van der Waals surface area (Å²) in [4.78, 5) is 15.1. The first-order chi connectivity index (χ1) is 15.2. The van der Waals surface area contributed by atoms with Gasteiger partial charge in [0.1, 0.15) is 0 Å². The molecule has 1 fully saturated rings. The van der Waals surface area contributed by atoms with Crippen LogP contribution in [0, 0.1) is 10.1 Å². The second-order valence-electron chi connectivity index (χ2n) is 7.47. The van der Waals surface area contributed by atoms with Gasteiger partial charge < -0.3 is 24.8 Å². The molecule has 9 nitrogen and oxygen atoms in total. The summed E-state index contributed by atoms with van der Waals surface area (Å²) in [5.41, 5.74) is 2.12. The van der Waals surface area contributed by atoms with Gasteiger partial charge in [0.2, 0.25) is 6.79 Å². The van der Waals surface area contributed by atoms with Crippen molar-refractivity contribution in [3.05, 3.63) is 63.7 Å². The average molecular weight is 426 g/mol. The Morgan fingerprint density at radius 2 is 1.90 bits per heavy atom. The molecule has 1 atom stereocenters. The number of guanidine groups is 1. The largest absolute Gasteiger partial charge is 0.454 e. The highest BCUT2D eigenvalue weighted by molar-refractivity contribution is 5.79. The fourth-order valence-corrected chi connectivity index (χ4v) is 3.51. The van der Waals surface area contributed by atoms with E-state index in [9.17, 15) is 10.1 Å². The van der Waals surface area contributed by atoms with Crippen molar-refractivity contribution in [3.63, 3.8) is 0 Å². The molecular formula is C22H26N4O5. The minimum atomic E-state index is -0.403. The van der Waals surface area contributed by atoms with Gasteiger partial charge in [-0.2, -0.15) is 0 Å². The number of nitrogens with zero attached hydrogens (tertiary/aromatic N) is 2. The number of nitrogens with one attached hydrogen (secondary N) is 2. The van der Waals surface area contributed by atoms with E-state index in [2.05, 4.69) is 15.6 Å². The minimum absolute atomic E-state index is 0.0753. The number of benzene rings is 2. The van der Waals surface area contributed by atoms with E-state index in [1.165, 1.54) is 12.1 Å². The molecule has 2 aromatic carbocycles. The van der Waals surface area contributed by atoms with E-state index in [4.69, 9.17) is 14.2 Å². The molecule has 164 valence electrons. The molecule has 2 heterocycles. The molecule has 0 aliphatic carbocycles. The Morgan fingerprint density at radius 1 is 1.10 bits per heavy atom. The molecule has 9 heteroatoms. The molecule has 2 N–H and O–H groups in total. The summed E-state index contributed by atoms with van der Waals surface area (Å²) in [6.45, 7) is 2.87. The predicted molar refractivity (Wildman–Crippen MR) is 115 cm³/mol. The first-order valence-corrected chi connectivity index (χ1v) is 10.4. The molecule has 2 aliphatic rings.